The number of ether oxygens (including phenoxy) is 2. The maximum Gasteiger partial charge on any atom is 0.267 e. The third kappa shape index (κ3) is 3.72. The normalized spacial score (nSPS) is 10.4. The standard InChI is InChI=1S/C11H13N3O3S2/c1-3-17-6-8-13-14-11(19-8)12-10(15)7-4-5-9(16-2)18-7/h4-5H,3,6H2,1-2H3,(H,12,14,15). The van der Waals surface area contributed by atoms with Crippen LogP contribution in [0.15, 0.2) is 12.1 Å². The van der Waals surface area contributed by atoms with Gasteiger partial charge in [-0.15, -0.1) is 10.2 Å². The van der Waals surface area contributed by atoms with Gasteiger partial charge >= 0.3 is 0 Å². The van der Waals surface area contributed by atoms with Crippen LogP contribution in [-0.4, -0.2) is 29.8 Å². The molecule has 2 heterocycles. The van der Waals surface area contributed by atoms with Crippen LogP contribution in [0.5, 0.6) is 5.06 Å². The van der Waals surface area contributed by atoms with Crippen LogP contribution in [0.3, 0.4) is 0 Å². The van der Waals surface area contributed by atoms with E-state index in [1.807, 2.05) is 6.92 Å². The average molecular weight is 299 g/mol. The Kier molecular flexibility index (Phi) is 4.83. The molecule has 0 atom stereocenters. The SMILES string of the molecule is CCOCc1nnc(NC(=O)c2ccc(OC)s2)s1. The lowest BCUT2D eigenvalue weighted by molar-refractivity contribution is 0.103. The quantitative estimate of drug-likeness (QED) is 0.886. The van der Waals surface area contributed by atoms with Crippen LogP contribution in [-0.2, 0) is 11.3 Å². The van der Waals surface area contributed by atoms with Crippen LogP contribution in [0.4, 0.5) is 5.13 Å². The summed E-state index contributed by atoms with van der Waals surface area (Å²) in [5.74, 6) is -0.215. The molecule has 2 aromatic rings. The molecule has 0 bridgehead atoms. The average Bonchev–Trinajstić information content (AvgIpc) is 3.05. The minimum Gasteiger partial charge on any atom is -0.487 e. The summed E-state index contributed by atoms with van der Waals surface area (Å²) in [5, 5.41) is 12.4. The second-order valence-electron chi connectivity index (χ2n) is 3.42. The van der Waals surface area contributed by atoms with E-state index >= 15 is 0 Å². The monoisotopic (exact) mass is 299 g/mol. The number of thiophene rings is 1. The number of anilines is 1. The van der Waals surface area contributed by atoms with Crippen molar-refractivity contribution in [1.29, 1.82) is 0 Å². The molecule has 0 unspecified atom stereocenters. The zero-order valence-corrected chi connectivity index (χ0v) is 12.1. The van der Waals surface area contributed by atoms with E-state index in [9.17, 15) is 4.79 Å². The van der Waals surface area contributed by atoms with Crippen molar-refractivity contribution in [2.45, 2.75) is 13.5 Å². The number of amides is 1. The summed E-state index contributed by atoms with van der Waals surface area (Å²) in [7, 11) is 1.57. The lowest BCUT2D eigenvalue weighted by Gasteiger charge is -1.97. The first-order valence-electron chi connectivity index (χ1n) is 5.58. The smallest absolute Gasteiger partial charge is 0.267 e. The first kappa shape index (κ1) is 13.9. The van der Waals surface area contributed by atoms with E-state index in [4.69, 9.17) is 9.47 Å². The molecule has 0 aliphatic heterocycles. The highest BCUT2D eigenvalue weighted by Crippen LogP contribution is 2.25. The number of carbonyl (C=O) groups is 1. The predicted octanol–water partition coefficient (Wildman–Crippen LogP) is 2.40. The van der Waals surface area contributed by atoms with Crippen molar-refractivity contribution >= 4 is 33.7 Å². The number of nitrogens with zero attached hydrogens (tertiary/aromatic N) is 2. The molecule has 19 heavy (non-hydrogen) atoms. The van der Waals surface area contributed by atoms with E-state index in [2.05, 4.69) is 15.5 Å². The summed E-state index contributed by atoms with van der Waals surface area (Å²) in [6, 6.07) is 3.46. The number of hydrogen-bond donors (Lipinski definition) is 1. The Morgan fingerprint density at radius 2 is 2.21 bits per heavy atom. The van der Waals surface area contributed by atoms with Crippen molar-refractivity contribution in [3.8, 4) is 5.06 Å². The molecule has 1 N–H and O–H groups in total. The van der Waals surface area contributed by atoms with E-state index in [-0.39, 0.29) is 5.91 Å². The zero-order valence-electron chi connectivity index (χ0n) is 10.5. The van der Waals surface area contributed by atoms with Crippen LogP contribution in [0.2, 0.25) is 0 Å². The molecule has 0 saturated heterocycles. The maximum absolute atomic E-state index is 11.9. The molecule has 2 rings (SSSR count). The van der Waals surface area contributed by atoms with Crippen molar-refractivity contribution in [1.82, 2.24) is 10.2 Å². The second kappa shape index (κ2) is 6.60. The molecule has 0 radical (unpaired) electrons. The van der Waals surface area contributed by atoms with Crippen LogP contribution in [0.25, 0.3) is 0 Å². The molecule has 0 saturated carbocycles. The van der Waals surface area contributed by atoms with Crippen molar-refractivity contribution in [3.05, 3.63) is 22.0 Å². The summed E-state index contributed by atoms with van der Waals surface area (Å²) in [6.45, 7) is 2.95. The molecule has 2 aromatic heterocycles. The largest absolute Gasteiger partial charge is 0.487 e. The van der Waals surface area contributed by atoms with Gasteiger partial charge in [-0.1, -0.05) is 22.7 Å². The van der Waals surface area contributed by atoms with Gasteiger partial charge in [0.25, 0.3) is 5.91 Å². The van der Waals surface area contributed by atoms with E-state index in [0.29, 0.717) is 28.3 Å². The minimum absolute atomic E-state index is 0.215. The molecule has 8 heteroatoms. The zero-order chi connectivity index (χ0) is 13.7. The summed E-state index contributed by atoms with van der Waals surface area (Å²) >= 11 is 2.58. The van der Waals surface area contributed by atoms with Gasteiger partial charge in [-0.2, -0.15) is 0 Å². The van der Waals surface area contributed by atoms with Crippen LogP contribution >= 0.6 is 22.7 Å². The summed E-state index contributed by atoms with van der Waals surface area (Å²) in [4.78, 5) is 12.5. The number of nitrogens with one attached hydrogen (secondary N) is 1. The fourth-order valence-electron chi connectivity index (χ4n) is 1.26. The number of aromatic nitrogens is 2. The van der Waals surface area contributed by atoms with Gasteiger partial charge in [-0.05, 0) is 19.1 Å². The number of methoxy groups -OCH3 is 1. The van der Waals surface area contributed by atoms with Gasteiger partial charge in [-0.25, -0.2) is 0 Å². The highest BCUT2D eigenvalue weighted by Gasteiger charge is 2.12. The van der Waals surface area contributed by atoms with Gasteiger partial charge in [0.1, 0.15) is 11.6 Å². The highest BCUT2D eigenvalue weighted by molar-refractivity contribution is 7.16. The molecule has 0 spiro atoms. The number of carbonyl (C=O) groups excluding carboxylic acids is 1. The molecule has 0 fully saturated rings. The topological polar surface area (TPSA) is 73.3 Å². The fraction of sp³-hybridized carbons (Fsp3) is 0.364. The fourth-order valence-corrected chi connectivity index (χ4v) is 2.65. The Hall–Kier alpha value is -1.51. The van der Waals surface area contributed by atoms with E-state index < -0.39 is 0 Å². The molecular weight excluding hydrogens is 286 g/mol. The Morgan fingerprint density at radius 1 is 1.37 bits per heavy atom. The van der Waals surface area contributed by atoms with Gasteiger partial charge in [0.05, 0.1) is 12.0 Å². The summed E-state index contributed by atoms with van der Waals surface area (Å²) in [6.07, 6.45) is 0. The Balaban J connectivity index is 1.96. The Morgan fingerprint density at radius 3 is 2.89 bits per heavy atom. The van der Waals surface area contributed by atoms with Gasteiger partial charge < -0.3 is 9.47 Å². The Bertz CT molecular complexity index is 553. The first-order valence-corrected chi connectivity index (χ1v) is 7.21. The van der Waals surface area contributed by atoms with E-state index in [0.717, 1.165) is 5.01 Å². The lowest BCUT2D eigenvalue weighted by Crippen LogP contribution is -2.09. The van der Waals surface area contributed by atoms with Crippen molar-refractivity contribution in [3.63, 3.8) is 0 Å². The van der Waals surface area contributed by atoms with Crippen LogP contribution in [0.1, 0.15) is 21.6 Å². The third-order valence-corrected chi connectivity index (χ3v) is 3.98. The van der Waals surface area contributed by atoms with Gasteiger partial charge in [-0.3, -0.25) is 10.1 Å². The van der Waals surface area contributed by atoms with Crippen molar-refractivity contribution < 1.29 is 14.3 Å². The van der Waals surface area contributed by atoms with Gasteiger partial charge in [0.2, 0.25) is 5.13 Å². The molecule has 0 aromatic carbocycles. The third-order valence-electron chi connectivity index (χ3n) is 2.12. The summed E-state index contributed by atoms with van der Waals surface area (Å²) < 4.78 is 10.3. The van der Waals surface area contributed by atoms with Gasteiger partial charge in [0.15, 0.2) is 5.06 Å². The lowest BCUT2D eigenvalue weighted by atomic mass is 10.4. The highest BCUT2D eigenvalue weighted by atomic mass is 32.1. The van der Waals surface area contributed by atoms with Gasteiger partial charge in [0, 0.05) is 6.61 Å². The molecule has 0 aliphatic carbocycles. The molecule has 6 nitrogen and oxygen atoms in total. The molecule has 102 valence electrons. The van der Waals surface area contributed by atoms with Crippen molar-refractivity contribution in [2.24, 2.45) is 0 Å². The minimum atomic E-state index is -0.215. The second-order valence-corrected chi connectivity index (χ2v) is 5.52. The van der Waals surface area contributed by atoms with Crippen LogP contribution in [0, 0.1) is 0 Å². The summed E-state index contributed by atoms with van der Waals surface area (Å²) in [5.41, 5.74) is 0. The molecular formula is C11H13N3O3S2. The first-order chi connectivity index (χ1) is 9.22. The molecule has 0 aliphatic rings. The van der Waals surface area contributed by atoms with Crippen LogP contribution < -0.4 is 10.1 Å². The maximum atomic E-state index is 11.9. The van der Waals surface area contributed by atoms with Crippen molar-refractivity contribution in [2.75, 3.05) is 19.0 Å². The molecule has 1 amide bonds. The van der Waals surface area contributed by atoms with E-state index in [1.165, 1.54) is 22.7 Å². The van der Waals surface area contributed by atoms with E-state index in [1.54, 1.807) is 19.2 Å². The predicted molar refractivity (Wildman–Crippen MR) is 74.1 cm³/mol. The number of hydrogen-bond acceptors (Lipinski definition) is 7. The Labute approximate surface area is 118 Å². The number of rotatable bonds is 6.